The molecule has 1 aliphatic rings. The Kier molecular flexibility index (Phi) is 3.47. The molecule has 0 amide bonds. The van der Waals surface area contributed by atoms with Gasteiger partial charge in [0.25, 0.3) is 0 Å². The van der Waals surface area contributed by atoms with Crippen molar-refractivity contribution in [1.82, 2.24) is 5.32 Å². The van der Waals surface area contributed by atoms with E-state index in [0.29, 0.717) is 0 Å². The van der Waals surface area contributed by atoms with Gasteiger partial charge in [0.05, 0.1) is 5.02 Å². The van der Waals surface area contributed by atoms with E-state index in [9.17, 15) is 0 Å². The summed E-state index contributed by atoms with van der Waals surface area (Å²) in [4.78, 5) is 0. The van der Waals surface area contributed by atoms with E-state index in [-0.39, 0.29) is 0 Å². The minimum atomic E-state index is 0.740. The zero-order valence-corrected chi connectivity index (χ0v) is 10.2. The molecule has 14 heavy (non-hydrogen) atoms. The average molecular weight is 275 g/mol. The van der Waals surface area contributed by atoms with Crippen molar-refractivity contribution in [3.05, 3.63) is 33.3 Å². The average Bonchev–Trinajstić information content (AvgIpc) is 2.08. The SMILES string of the molecule is Clc1ccc(CNC2CCC2)cc1Br. The summed E-state index contributed by atoms with van der Waals surface area (Å²) in [7, 11) is 0. The predicted octanol–water partition coefficient (Wildman–Crippen LogP) is 3.74. The molecule has 1 fully saturated rings. The molecule has 76 valence electrons. The summed E-state index contributed by atoms with van der Waals surface area (Å²) < 4.78 is 0.979. The Balaban J connectivity index is 1.91. The van der Waals surface area contributed by atoms with E-state index in [1.54, 1.807) is 0 Å². The Morgan fingerprint density at radius 1 is 1.43 bits per heavy atom. The van der Waals surface area contributed by atoms with Gasteiger partial charge in [0.15, 0.2) is 0 Å². The molecule has 0 spiro atoms. The summed E-state index contributed by atoms with van der Waals surface area (Å²) in [6, 6.07) is 6.82. The van der Waals surface area contributed by atoms with E-state index in [2.05, 4.69) is 33.4 Å². The smallest absolute Gasteiger partial charge is 0.0548 e. The van der Waals surface area contributed by atoms with Gasteiger partial charge in [0.1, 0.15) is 0 Å². The first kappa shape index (κ1) is 10.5. The van der Waals surface area contributed by atoms with Crippen LogP contribution in [0, 0.1) is 0 Å². The summed E-state index contributed by atoms with van der Waals surface area (Å²) >= 11 is 9.34. The highest BCUT2D eigenvalue weighted by atomic mass is 79.9. The van der Waals surface area contributed by atoms with Crippen LogP contribution in [0.3, 0.4) is 0 Å². The molecule has 0 radical (unpaired) electrons. The molecule has 1 aliphatic carbocycles. The largest absolute Gasteiger partial charge is 0.310 e. The van der Waals surface area contributed by atoms with Crippen molar-refractivity contribution < 1.29 is 0 Å². The molecule has 0 unspecified atom stereocenters. The maximum atomic E-state index is 5.91. The van der Waals surface area contributed by atoms with E-state index in [4.69, 9.17) is 11.6 Å². The van der Waals surface area contributed by atoms with Gasteiger partial charge in [-0.1, -0.05) is 24.1 Å². The lowest BCUT2D eigenvalue weighted by Gasteiger charge is -2.26. The van der Waals surface area contributed by atoms with Crippen LogP contribution in [-0.4, -0.2) is 6.04 Å². The number of benzene rings is 1. The molecule has 1 aromatic carbocycles. The molecule has 1 nitrogen and oxygen atoms in total. The van der Waals surface area contributed by atoms with E-state index in [0.717, 1.165) is 22.1 Å². The lowest BCUT2D eigenvalue weighted by Crippen LogP contribution is -2.34. The standard InChI is InChI=1S/C11H13BrClN/c12-10-6-8(4-5-11(10)13)7-14-9-2-1-3-9/h4-6,9,14H,1-3,7H2. The monoisotopic (exact) mass is 273 g/mol. The van der Waals surface area contributed by atoms with Gasteiger partial charge in [-0.05, 0) is 46.5 Å². The van der Waals surface area contributed by atoms with Gasteiger partial charge in [-0.3, -0.25) is 0 Å². The number of rotatable bonds is 3. The predicted molar refractivity (Wildman–Crippen MR) is 63.6 cm³/mol. The van der Waals surface area contributed by atoms with E-state index >= 15 is 0 Å². The van der Waals surface area contributed by atoms with Crippen molar-refractivity contribution in [2.45, 2.75) is 31.8 Å². The Hall–Kier alpha value is -0.0500. The Labute approximate surface area is 98.0 Å². The van der Waals surface area contributed by atoms with Crippen LogP contribution in [0.4, 0.5) is 0 Å². The maximum Gasteiger partial charge on any atom is 0.0548 e. The van der Waals surface area contributed by atoms with Crippen molar-refractivity contribution in [2.75, 3.05) is 0 Å². The Morgan fingerprint density at radius 3 is 2.79 bits per heavy atom. The highest BCUT2D eigenvalue weighted by molar-refractivity contribution is 9.10. The van der Waals surface area contributed by atoms with Crippen molar-refractivity contribution in [1.29, 1.82) is 0 Å². The molecular formula is C11H13BrClN. The van der Waals surface area contributed by atoms with Crippen LogP contribution in [0.25, 0.3) is 0 Å². The topological polar surface area (TPSA) is 12.0 Å². The van der Waals surface area contributed by atoms with Crippen molar-refractivity contribution in [3.63, 3.8) is 0 Å². The van der Waals surface area contributed by atoms with Gasteiger partial charge >= 0.3 is 0 Å². The first-order valence-corrected chi connectivity index (χ1v) is 6.10. The van der Waals surface area contributed by atoms with E-state index < -0.39 is 0 Å². The fourth-order valence-corrected chi connectivity index (χ4v) is 2.07. The van der Waals surface area contributed by atoms with Crippen LogP contribution in [0.2, 0.25) is 5.02 Å². The third kappa shape index (κ3) is 2.50. The normalized spacial score (nSPS) is 16.7. The third-order valence-corrected chi connectivity index (χ3v) is 3.90. The summed E-state index contributed by atoms with van der Waals surface area (Å²) in [6.45, 7) is 0.945. The summed E-state index contributed by atoms with van der Waals surface area (Å²) in [5, 5.41) is 4.29. The van der Waals surface area contributed by atoms with Crippen molar-refractivity contribution in [2.24, 2.45) is 0 Å². The summed E-state index contributed by atoms with van der Waals surface area (Å²) in [5.41, 5.74) is 1.29. The molecule has 0 aromatic heterocycles. The van der Waals surface area contributed by atoms with Crippen LogP contribution in [0.5, 0.6) is 0 Å². The van der Waals surface area contributed by atoms with Crippen LogP contribution >= 0.6 is 27.5 Å². The molecule has 0 saturated heterocycles. The second-order valence-corrected chi connectivity index (χ2v) is 5.02. The molecule has 0 bridgehead atoms. The maximum absolute atomic E-state index is 5.91. The zero-order valence-electron chi connectivity index (χ0n) is 7.89. The molecule has 0 atom stereocenters. The third-order valence-electron chi connectivity index (χ3n) is 2.68. The number of halogens is 2. The van der Waals surface area contributed by atoms with E-state index in [1.165, 1.54) is 24.8 Å². The number of hydrogen-bond donors (Lipinski definition) is 1. The second-order valence-electron chi connectivity index (χ2n) is 3.76. The molecule has 3 heteroatoms. The molecule has 1 N–H and O–H groups in total. The van der Waals surface area contributed by atoms with Gasteiger partial charge in [0.2, 0.25) is 0 Å². The van der Waals surface area contributed by atoms with Crippen molar-refractivity contribution in [3.8, 4) is 0 Å². The fourth-order valence-electron chi connectivity index (χ4n) is 1.52. The molecule has 0 aliphatic heterocycles. The molecule has 0 heterocycles. The number of nitrogens with one attached hydrogen (secondary N) is 1. The van der Waals surface area contributed by atoms with Crippen molar-refractivity contribution >= 4 is 27.5 Å². The molecule has 1 aromatic rings. The van der Waals surface area contributed by atoms with Gasteiger partial charge in [-0.15, -0.1) is 0 Å². The lowest BCUT2D eigenvalue weighted by atomic mass is 9.93. The van der Waals surface area contributed by atoms with Gasteiger partial charge < -0.3 is 5.32 Å². The Bertz CT molecular complexity index is 323. The molecule has 1 saturated carbocycles. The van der Waals surface area contributed by atoms with Gasteiger partial charge in [0, 0.05) is 17.1 Å². The zero-order chi connectivity index (χ0) is 9.97. The fraction of sp³-hybridized carbons (Fsp3) is 0.455. The number of hydrogen-bond acceptors (Lipinski definition) is 1. The van der Waals surface area contributed by atoms with Crippen LogP contribution < -0.4 is 5.32 Å². The lowest BCUT2D eigenvalue weighted by molar-refractivity contribution is 0.338. The Morgan fingerprint density at radius 2 is 2.21 bits per heavy atom. The van der Waals surface area contributed by atoms with Crippen LogP contribution in [0.1, 0.15) is 24.8 Å². The van der Waals surface area contributed by atoms with Gasteiger partial charge in [-0.25, -0.2) is 0 Å². The minimum absolute atomic E-state index is 0.740. The highest BCUT2D eigenvalue weighted by Gasteiger charge is 2.15. The first-order valence-electron chi connectivity index (χ1n) is 4.93. The minimum Gasteiger partial charge on any atom is -0.310 e. The quantitative estimate of drug-likeness (QED) is 0.885. The first-order chi connectivity index (χ1) is 6.75. The summed E-state index contributed by atoms with van der Waals surface area (Å²) in [6.07, 6.45) is 4.03. The highest BCUT2D eigenvalue weighted by Crippen LogP contribution is 2.24. The van der Waals surface area contributed by atoms with Crippen LogP contribution in [-0.2, 0) is 6.54 Å². The van der Waals surface area contributed by atoms with Gasteiger partial charge in [-0.2, -0.15) is 0 Å². The molecule has 2 rings (SSSR count). The molecular weight excluding hydrogens is 261 g/mol. The summed E-state index contributed by atoms with van der Waals surface area (Å²) in [5.74, 6) is 0. The van der Waals surface area contributed by atoms with Crippen LogP contribution in [0.15, 0.2) is 22.7 Å². The second kappa shape index (κ2) is 4.65. The van der Waals surface area contributed by atoms with E-state index in [1.807, 2.05) is 6.07 Å².